The minimum atomic E-state index is 0.643. The van der Waals surface area contributed by atoms with E-state index in [1.165, 1.54) is 12.8 Å². The van der Waals surface area contributed by atoms with Gasteiger partial charge >= 0.3 is 0 Å². The molecule has 1 heterocycles. The lowest BCUT2D eigenvalue weighted by molar-refractivity contribution is 0.139. The number of thiol groups is 1. The van der Waals surface area contributed by atoms with Crippen molar-refractivity contribution >= 4 is 12.8 Å². The van der Waals surface area contributed by atoms with Crippen molar-refractivity contribution in [2.24, 2.45) is 11.8 Å². The van der Waals surface area contributed by atoms with E-state index in [-0.39, 0.29) is 0 Å². The Bertz CT molecular complexity index is 135. The Labute approximate surface area is 82.1 Å². The molecule has 1 aliphatic rings. The molecule has 0 saturated carbocycles. The topological polar surface area (TPSA) is 3.24 Å². The van der Waals surface area contributed by atoms with E-state index in [4.69, 9.17) is 0 Å². The van der Waals surface area contributed by atoms with Crippen molar-refractivity contribution in [3.63, 3.8) is 0 Å². The molecule has 1 fully saturated rings. The summed E-state index contributed by atoms with van der Waals surface area (Å²) in [5, 5.41) is 0. The first-order chi connectivity index (χ1) is 5.52. The summed E-state index contributed by atoms with van der Waals surface area (Å²) in [6.45, 7) is 9.21. The Hall–Kier alpha value is 0.310. The van der Waals surface area contributed by atoms with Gasteiger partial charge in [0.1, 0.15) is 0 Å². The van der Waals surface area contributed by atoms with Gasteiger partial charge in [-0.2, -0.15) is 0 Å². The molecule has 1 nitrogen and oxygen atoms in total. The quantitative estimate of drug-likeness (QED) is 0.618. The number of nitrogens with zero attached hydrogens (tertiary/aromatic N) is 1. The van der Waals surface area contributed by atoms with Crippen molar-refractivity contribution < 1.29 is 0 Å². The zero-order valence-corrected chi connectivity index (χ0v) is 9.51. The minimum absolute atomic E-state index is 0.643. The van der Waals surface area contributed by atoms with E-state index in [0.717, 1.165) is 11.8 Å². The van der Waals surface area contributed by atoms with Gasteiger partial charge in [0.15, 0.2) is 0 Å². The van der Waals surface area contributed by atoms with Gasteiger partial charge in [-0.05, 0) is 38.5 Å². The van der Waals surface area contributed by atoms with Crippen LogP contribution in [-0.2, 0) is 0 Å². The van der Waals surface area contributed by atoms with Gasteiger partial charge in [0.05, 0.1) is 0 Å². The first kappa shape index (κ1) is 10.4. The third kappa shape index (κ3) is 2.17. The molecular formula is C10H21NS. The summed E-state index contributed by atoms with van der Waals surface area (Å²) in [6.07, 6.45) is 2.62. The highest BCUT2D eigenvalue weighted by Gasteiger charge is 2.30. The van der Waals surface area contributed by atoms with Crippen LogP contribution in [0, 0.1) is 11.8 Å². The van der Waals surface area contributed by atoms with Crippen LogP contribution in [0.15, 0.2) is 0 Å². The SMILES string of the molecule is CC(C)C1CC(C)N(S)C(C)C1. The molecular weight excluding hydrogens is 166 g/mol. The van der Waals surface area contributed by atoms with Crippen molar-refractivity contribution in [2.45, 2.75) is 52.6 Å². The molecule has 0 bridgehead atoms. The van der Waals surface area contributed by atoms with Crippen LogP contribution in [-0.4, -0.2) is 16.4 Å². The molecule has 72 valence electrons. The summed E-state index contributed by atoms with van der Waals surface area (Å²) in [6, 6.07) is 1.29. The lowest BCUT2D eigenvalue weighted by atomic mass is 9.81. The zero-order valence-electron chi connectivity index (χ0n) is 8.62. The predicted molar refractivity (Wildman–Crippen MR) is 57.3 cm³/mol. The smallest absolute Gasteiger partial charge is 0.0177 e. The molecule has 0 aromatic heterocycles. The van der Waals surface area contributed by atoms with Crippen LogP contribution in [0.5, 0.6) is 0 Å². The number of hydrogen-bond acceptors (Lipinski definition) is 2. The molecule has 0 amide bonds. The highest BCUT2D eigenvalue weighted by atomic mass is 32.1. The van der Waals surface area contributed by atoms with Gasteiger partial charge in [0.25, 0.3) is 0 Å². The summed E-state index contributed by atoms with van der Waals surface area (Å²) in [7, 11) is 0. The van der Waals surface area contributed by atoms with E-state index in [0.29, 0.717) is 12.1 Å². The molecule has 0 aromatic rings. The van der Waals surface area contributed by atoms with Crippen molar-refractivity contribution in [1.29, 1.82) is 0 Å². The van der Waals surface area contributed by atoms with Gasteiger partial charge < -0.3 is 0 Å². The monoisotopic (exact) mass is 187 g/mol. The highest BCUT2D eigenvalue weighted by molar-refractivity contribution is 7.77. The molecule has 0 aliphatic carbocycles. The second-order valence-corrected chi connectivity index (χ2v) is 5.02. The minimum Gasteiger partial charge on any atom is -0.248 e. The summed E-state index contributed by atoms with van der Waals surface area (Å²) >= 11 is 4.49. The third-order valence-corrected chi connectivity index (χ3v) is 3.92. The number of hydrogen-bond donors (Lipinski definition) is 1. The van der Waals surface area contributed by atoms with Crippen LogP contribution in [0.3, 0.4) is 0 Å². The Balaban J connectivity index is 2.53. The van der Waals surface area contributed by atoms with Gasteiger partial charge in [-0.25, -0.2) is 4.31 Å². The molecule has 0 aromatic carbocycles. The van der Waals surface area contributed by atoms with Crippen LogP contribution in [0.1, 0.15) is 40.5 Å². The van der Waals surface area contributed by atoms with Crippen LogP contribution in [0.4, 0.5) is 0 Å². The average Bonchev–Trinajstić information content (AvgIpc) is 1.99. The first-order valence-corrected chi connectivity index (χ1v) is 5.39. The lowest BCUT2D eigenvalue weighted by Crippen LogP contribution is -2.41. The molecule has 2 atom stereocenters. The second kappa shape index (κ2) is 4.01. The Morgan fingerprint density at radius 2 is 1.58 bits per heavy atom. The van der Waals surface area contributed by atoms with E-state index in [9.17, 15) is 0 Å². The molecule has 2 unspecified atom stereocenters. The van der Waals surface area contributed by atoms with E-state index in [2.05, 4.69) is 44.8 Å². The first-order valence-electron chi connectivity index (χ1n) is 4.99. The van der Waals surface area contributed by atoms with Crippen LogP contribution in [0.25, 0.3) is 0 Å². The standard InChI is InChI=1S/C10H21NS/c1-7(2)10-5-8(3)11(12)9(4)6-10/h7-10,12H,5-6H2,1-4H3. The van der Waals surface area contributed by atoms with E-state index < -0.39 is 0 Å². The van der Waals surface area contributed by atoms with Crippen molar-refractivity contribution in [1.82, 2.24) is 4.31 Å². The molecule has 12 heavy (non-hydrogen) atoms. The van der Waals surface area contributed by atoms with Crippen LogP contribution >= 0.6 is 12.8 Å². The fraction of sp³-hybridized carbons (Fsp3) is 1.00. The van der Waals surface area contributed by atoms with Crippen LogP contribution in [0.2, 0.25) is 0 Å². The van der Waals surface area contributed by atoms with E-state index in [1.807, 2.05) is 0 Å². The molecule has 2 heteroatoms. The van der Waals surface area contributed by atoms with Crippen molar-refractivity contribution in [3.05, 3.63) is 0 Å². The summed E-state index contributed by atoms with van der Waals surface area (Å²) in [5.74, 6) is 1.73. The number of rotatable bonds is 1. The number of piperidine rings is 1. The molecule has 1 rings (SSSR count). The largest absolute Gasteiger partial charge is 0.248 e. The van der Waals surface area contributed by atoms with Crippen molar-refractivity contribution in [3.8, 4) is 0 Å². The van der Waals surface area contributed by atoms with E-state index >= 15 is 0 Å². The molecule has 0 spiro atoms. The summed E-state index contributed by atoms with van der Waals surface area (Å²) in [4.78, 5) is 0. The average molecular weight is 187 g/mol. The van der Waals surface area contributed by atoms with Gasteiger partial charge in [0, 0.05) is 12.1 Å². The fourth-order valence-electron chi connectivity index (χ4n) is 2.17. The maximum Gasteiger partial charge on any atom is 0.0177 e. The Morgan fingerprint density at radius 1 is 1.17 bits per heavy atom. The molecule has 1 aliphatic heterocycles. The maximum atomic E-state index is 4.49. The molecule has 0 radical (unpaired) electrons. The van der Waals surface area contributed by atoms with Gasteiger partial charge in [-0.15, -0.1) is 0 Å². The molecule has 0 N–H and O–H groups in total. The Morgan fingerprint density at radius 3 is 1.92 bits per heavy atom. The lowest BCUT2D eigenvalue weighted by Gasteiger charge is -2.40. The second-order valence-electron chi connectivity index (χ2n) is 4.55. The highest BCUT2D eigenvalue weighted by Crippen LogP contribution is 2.32. The van der Waals surface area contributed by atoms with Gasteiger partial charge in [0.2, 0.25) is 0 Å². The van der Waals surface area contributed by atoms with E-state index in [1.54, 1.807) is 0 Å². The summed E-state index contributed by atoms with van der Waals surface area (Å²) in [5.41, 5.74) is 0. The fourth-order valence-corrected chi connectivity index (χ4v) is 2.36. The van der Waals surface area contributed by atoms with Crippen LogP contribution < -0.4 is 0 Å². The zero-order chi connectivity index (χ0) is 9.30. The Kier molecular flexibility index (Phi) is 3.47. The summed E-state index contributed by atoms with van der Waals surface area (Å²) < 4.78 is 2.21. The van der Waals surface area contributed by atoms with Gasteiger partial charge in [-0.1, -0.05) is 26.7 Å². The predicted octanol–water partition coefficient (Wildman–Crippen LogP) is 2.98. The third-order valence-electron chi connectivity index (χ3n) is 3.13. The van der Waals surface area contributed by atoms with Crippen molar-refractivity contribution in [2.75, 3.05) is 0 Å². The van der Waals surface area contributed by atoms with Gasteiger partial charge in [-0.3, -0.25) is 0 Å². The normalized spacial score (nSPS) is 39.0. The maximum absolute atomic E-state index is 4.49. The molecule has 1 saturated heterocycles.